The average molecular weight is 665 g/mol. The van der Waals surface area contributed by atoms with Gasteiger partial charge in [0.25, 0.3) is 11.1 Å². The Kier molecular flexibility index (Phi) is 8.41. The molecule has 202 valence electrons. The first-order chi connectivity index (χ1) is 19.3. The standard InChI is InChI=1S/C31H25IN2O5S/c1-19-10-12-20(13-11-19)18-39-29-24(32)14-21(15-26(29)38-2)16-27-30(36)34(31(37)40-27)17-28(35)33-25-9-5-7-22-6-3-4-8-23(22)25/h3-16H,17-18H2,1-2H3,(H,33,35)/b27-16-. The zero-order valence-electron chi connectivity index (χ0n) is 21.8. The summed E-state index contributed by atoms with van der Waals surface area (Å²) >= 11 is 2.96. The van der Waals surface area contributed by atoms with Gasteiger partial charge in [-0.1, -0.05) is 66.2 Å². The fraction of sp³-hybridized carbons (Fsp3) is 0.129. The van der Waals surface area contributed by atoms with Gasteiger partial charge in [-0.3, -0.25) is 19.3 Å². The van der Waals surface area contributed by atoms with Crippen LogP contribution in [-0.2, 0) is 16.2 Å². The van der Waals surface area contributed by atoms with Gasteiger partial charge in [-0.15, -0.1) is 0 Å². The third-order valence-corrected chi connectivity index (χ3v) is 8.00. The summed E-state index contributed by atoms with van der Waals surface area (Å²) in [4.78, 5) is 39.7. The molecule has 1 fully saturated rings. The van der Waals surface area contributed by atoms with E-state index in [0.29, 0.717) is 29.4 Å². The van der Waals surface area contributed by atoms with Crippen molar-refractivity contribution in [1.82, 2.24) is 4.90 Å². The first-order valence-electron chi connectivity index (χ1n) is 12.4. The average Bonchev–Trinajstić information content (AvgIpc) is 3.20. The molecule has 0 aliphatic carbocycles. The van der Waals surface area contributed by atoms with Crippen LogP contribution >= 0.6 is 34.4 Å². The zero-order chi connectivity index (χ0) is 28.2. The van der Waals surface area contributed by atoms with Gasteiger partial charge >= 0.3 is 0 Å². The zero-order valence-corrected chi connectivity index (χ0v) is 24.7. The van der Waals surface area contributed by atoms with Gasteiger partial charge in [-0.25, -0.2) is 0 Å². The summed E-state index contributed by atoms with van der Waals surface area (Å²) in [5, 5.41) is 4.19. The molecule has 0 bridgehead atoms. The summed E-state index contributed by atoms with van der Waals surface area (Å²) in [6.45, 7) is 2.04. The number of hydrogen-bond acceptors (Lipinski definition) is 6. The molecule has 1 aliphatic rings. The minimum absolute atomic E-state index is 0.231. The summed E-state index contributed by atoms with van der Waals surface area (Å²) in [6.07, 6.45) is 1.63. The maximum atomic E-state index is 13.1. The van der Waals surface area contributed by atoms with Gasteiger partial charge in [-0.05, 0) is 82.1 Å². The van der Waals surface area contributed by atoms with Crippen molar-refractivity contribution in [1.29, 1.82) is 0 Å². The van der Waals surface area contributed by atoms with Crippen LogP contribution < -0.4 is 14.8 Å². The number of imide groups is 1. The lowest BCUT2D eigenvalue weighted by Crippen LogP contribution is -2.36. The number of nitrogens with one attached hydrogen (secondary N) is 1. The van der Waals surface area contributed by atoms with E-state index in [0.717, 1.165) is 36.6 Å². The molecule has 0 unspecified atom stereocenters. The number of amides is 3. The fourth-order valence-electron chi connectivity index (χ4n) is 4.26. The van der Waals surface area contributed by atoms with Crippen LogP contribution in [0, 0.1) is 10.5 Å². The molecule has 0 radical (unpaired) electrons. The molecule has 4 aromatic rings. The number of halogens is 1. The van der Waals surface area contributed by atoms with Gasteiger partial charge < -0.3 is 14.8 Å². The van der Waals surface area contributed by atoms with Crippen molar-refractivity contribution in [2.24, 2.45) is 0 Å². The Labute approximate surface area is 249 Å². The van der Waals surface area contributed by atoms with Crippen molar-refractivity contribution >= 4 is 73.9 Å². The quantitative estimate of drug-likeness (QED) is 0.161. The Morgan fingerprint density at radius 2 is 1.77 bits per heavy atom. The molecule has 5 rings (SSSR count). The number of anilines is 1. The van der Waals surface area contributed by atoms with Gasteiger partial charge in [0.15, 0.2) is 11.5 Å². The molecule has 1 N–H and O–H groups in total. The SMILES string of the molecule is COc1cc(/C=C2\SC(=O)N(CC(=O)Nc3cccc4ccccc34)C2=O)cc(I)c1OCc1ccc(C)cc1. The Hall–Kier alpha value is -3.83. The predicted molar refractivity (Wildman–Crippen MR) is 166 cm³/mol. The van der Waals surface area contributed by atoms with Crippen molar-refractivity contribution in [3.8, 4) is 11.5 Å². The molecule has 1 saturated heterocycles. The van der Waals surface area contributed by atoms with Gasteiger partial charge in [0.05, 0.1) is 15.6 Å². The largest absolute Gasteiger partial charge is 0.493 e. The van der Waals surface area contributed by atoms with Crippen LogP contribution in [0.25, 0.3) is 16.8 Å². The molecule has 0 spiro atoms. The predicted octanol–water partition coefficient (Wildman–Crippen LogP) is 7.02. The number of methoxy groups -OCH3 is 1. The van der Waals surface area contributed by atoms with Gasteiger partial charge in [0.1, 0.15) is 13.2 Å². The number of ether oxygens (including phenoxy) is 2. The second-order valence-electron chi connectivity index (χ2n) is 9.15. The number of carbonyl (C=O) groups excluding carboxylic acids is 3. The molecule has 1 heterocycles. The van der Waals surface area contributed by atoms with Crippen molar-refractivity contribution < 1.29 is 23.9 Å². The lowest BCUT2D eigenvalue weighted by atomic mass is 10.1. The summed E-state index contributed by atoms with van der Waals surface area (Å²) < 4.78 is 12.4. The molecule has 0 atom stereocenters. The minimum Gasteiger partial charge on any atom is -0.493 e. The first-order valence-corrected chi connectivity index (χ1v) is 14.3. The number of rotatable bonds is 8. The highest BCUT2D eigenvalue weighted by Gasteiger charge is 2.36. The number of benzene rings is 4. The van der Waals surface area contributed by atoms with Crippen LogP contribution in [0.1, 0.15) is 16.7 Å². The third kappa shape index (κ3) is 6.15. The monoisotopic (exact) mass is 664 g/mol. The van der Waals surface area contributed by atoms with E-state index in [2.05, 4.69) is 27.9 Å². The minimum atomic E-state index is -0.517. The molecule has 4 aromatic carbocycles. The number of carbonyl (C=O) groups is 3. The van der Waals surface area contributed by atoms with E-state index in [9.17, 15) is 14.4 Å². The van der Waals surface area contributed by atoms with Crippen molar-refractivity contribution in [3.05, 3.63) is 104 Å². The maximum absolute atomic E-state index is 13.1. The molecule has 3 amide bonds. The second-order valence-corrected chi connectivity index (χ2v) is 11.3. The van der Waals surface area contributed by atoms with E-state index >= 15 is 0 Å². The van der Waals surface area contributed by atoms with Crippen LogP contribution in [0.2, 0.25) is 0 Å². The lowest BCUT2D eigenvalue weighted by Gasteiger charge is -2.14. The summed E-state index contributed by atoms with van der Waals surface area (Å²) in [5.74, 6) is 0.140. The van der Waals surface area contributed by atoms with Gasteiger partial charge in [0.2, 0.25) is 5.91 Å². The highest BCUT2D eigenvalue weighted by molar-refractivity contribution is 14.1. The molecule has 1 aliphatic heterocycles. The number of fused-ring (bicyclic) bond motifs is 1. The third-order valence-electron chi connectivity index (χ3n) is 6.29. The Morgan fingerprint density at radius 3 is 2.55 bits per heavy atom. The van der Waals surface area contributed by atoms with Gasteiger partial charge in [-0.2, -0.15) is 0 Å². The summed E-state index contributed by atoms with van der Waals surface area (Å²) in [5.41, 5.74) is 3.51. The molecule has 40 heavy (non-hydrogen) atoms. The lowest BCUT2D eigenvalue weighted by molar-refractivity contribution is -0.127. The summed E-state index contributed by atoms with van der Waals surface area (Å²) in [7, 11) is 1.55. The van der Waals surface area contributed by atoms with Crippen LogP contribution in [0.4, 0.5) is 10.5 Å². The number of nitrogens with zero attached hydrogens (tertiary/aromatic N) is 1. The highest BCUT2D eigenvalue weighted by Crippen LogP contribution is 2.37. The molecule has 0 aromatic heterocycles. The van der Waals surface area contributed by atoms with Crippen molar-refractivity contribution in [3.63, 3.8) is 0 Å². The Balaban J connectivity index is 1.29. The Morgan fingerprint density at radius 1 is 1.02 bits per heavy atom. The fourth-order valence-corrected chi connectivity index (χ4v) is 5.88. The maximum Gasteiger partial charge on any atom is 0.294 e. The second kappa shape index (κ2) is 12.1. The van der Waals surface area contributed by atoms with E-state index in [4.69, 9.17) is 9.47 Å². The van der Waals surface area contributed by atoms with Crippen LogP contribution in [0.15, 0.2) is 83.8 Å². The topological polar surface area (TPSA) is 84.9 Å². The van der Waals surface area contributed by atoms with E-state index in [1.807, 2.05) is 73.7 Å². The molecule has 7 nitrogen and oxygen atoms in total. The molecular formula is C31H25IN2O5S. The summed E-state index contributed by atoms with van der Waals surface area (Å²) in [6, 6.07) is 25.0. The molecular weight excluding hydrogens is 639 g/mol. The van der Waals surface area contributed by atoms with Crippen molar-refractivity contribution in [2.75, 3.05) is 19.0 Å². The van der Waals surface area contributed by atoms with Crippen molar-refractivity contribution in [2.45, 2.75) is 13.5 Å². The van der Waals surface area contributed by atoms with Gasteiger partial charge in [0, 0.05) is 11.1 Å². The van der Waals surface area contributed by atoms with E-state index in [1.165, 1.54) is 5.56 Å². The normalized spacial score (nSPS) is 14.2. The molecule has 9 heteroatoms. The first kappa shape index (κ1) is 27.7. The number of thioether (sulfide) groups is 1. The number of hydrogen-bond donors (Lipinski definition) is 1. The van der Waals surface area contributed by atoms with Crippen LogP contribution in [0.5, 0.6) is 11.5 Å². The van der Waals surface area contributed by atoms with Crippen LogP contribution in [-0.4, -0.2) is 35.6 Å². The van der Waals surface area contributed by atoms with Crippen LogP contribution in [0.3, 0.4) is 0 Å². The number of aryl methyl sites for hydroxylation is 1. The Bertz CT molecular complexity index is 1650. The smallest absolute Gasteiger partial charge is 0.294 e. The van der Waals surface area contributed by atoms with E-state index in [-0.39, 0.29) is 11.4 Å². The molecule has 0 saturated carbocycles. The van der Waals surface area contributed by atoms with E-state index in [1.54, 1.807) is 25.3 Å². The van der Waals surface area contributed by atoms with E-state index < -0.39 is 17.1 Å². The highest BCUT2D eigenvalue weighted by atomic mass is 127.